The number of nitro benzene ring substituents is 1. The number of amides is 1. The van der Waals surface area contributed by atoms with Crippen LogP contribution in [0.1, 0.15) is 16.7 Å². The Morgan fingerprint density at radius 1 is 1.15 bits per heavy atom. The number of aliphatic imine (C=N–C) groups is 1. The molecule has 1 saturated heterocycles. The van der Waals surface area contributed by atoms with Crippen LogP contribution in [0.4, 0.5) is 11.4 Å². The van der Waals surface area contributed by atoms with E-state index in [1.54, 1.807) is 24.3 Å². The number of benzene rings is 3. The number of carbonyl (C=O) groups is 1. The van der Waals surface area contributed by atoms with Crippen molar-refractivity contribution < 1.29 is 14.5 Å². The number of rotatable bonds is 6. The third-order valence-corrected chi connectivity index (χ3v) is 6.21. The maximum Gasteiger partial charge on any atom is 0.269 e. The predicted octanol–water partition coefficient (Wildman–Crippen LogP) is 6.14. The molecule has 1 aliphatic rings. The van der Waals surface area contributed by atoms with Crippen LogP contribution >= 0.6 is 27.7 Å². The molecule has 1 fully saturated rings. The molecule has 4 rings (SSSR count). The van der Waals surface area contributed by atoms with Gasteiger partial charge in [-0.2, -0.15) is 0 Å². The highest BCUT2D eigenvalue weighted by Crippen LogP contribution is 2.31. The maximum atomic E-state index is 12.4. The Morgan fingerprint density at radius 3 is 2.67 bits per heavy atom. The van der Waals surface area contributed by atoms with Crippen LogP contribution in [0.5, 0.6) is 5.75 Å². The minimum atomic E-state index is -0.435. The summed E-state index contributed by atoms with van der Waals surface area (Å²) in [6, 6.07) is 19.5. The normalized spacial score (nSPS) is 15.6. The van der Waals surface area contributed by atoms with E-state index >= 15 is 0 Å². The molecular formula is C24H18BrN3O4S. The first-order chi connectivity index (χ1) is 15.9. The molecule has 0 aliphatic carbocycles. The molecule has 0 aromatic heterocycles. The van der Waals surface area contributed by atoms with E-state index in [-0.39, 0.29) is 18.2 Å². The molecule has 1 amide bonds. The molecule has 1 aliphatic heterocycles. The van der Waals surface area contributed by atoms with Gasteiger partial charge in [0.25, 0.3) is 11.6 Å². The van der Waals surface area contributed by atoms with Crippen LogP contribution in [0.2, 0.25) is 0 Å². The van der Waals surface area contributed by atoms with Crippen LogP contribution in [0.15, 0.2) is 81.1 Å². The topological polar surface area (TPSA) is 93.8 Å². The number of amidine groups is 1. The fourth-order valence-electron chi connectivity index (χ4n) is 3.01. The molecule has 3 aromatic rings. The van der Waals surface area contributed by atoms with Crippen molar-refractivity contribution >= 4 is 56.2 Å². The van der Waals surface area contributed by atoms with Gasteiger partial charge in [-0.15, -0.1) is 0 Å². The van der Waals surface area contributed by atoms with Crippen molar-refractivity contribution in [2.45, 2.75) is 13.5 Å². The first-order valence-electron chi connectivity index (χ1n) is 9.89. The number of ether oxygens (including phenoxy) is 1. The predicted molar refractivity (Wildman–Crippen MR) is 134 cm³/mol. The molecule has 0 saturated carbocycles. The second-order valence-electron chi connectivity index (χ2n) is 7.22. The van der Waals surface area contributed by atoms with Gasteiger partial charge < -0.3 is 10.1 Å². The molecule has 7 nitrogen and oxygen atoms in total. The molecule has 9 heteroatoms. The van der Waals surface area contributed by atoms with Crippen molar-refractivity contribution in [3.8, 4) is 5.75 Å². The molecule has 0 radical (unpaired) electrons. The first-order valence-corrected chi connectivity index (χ1v) is 11.5. The average molecular weight is 524 g/mol. The summed E-state index contributed by atoms with van der Waals surface area (Å²) in [4.78, 5) is 27.9. The maximum absolute atomic E-state index is 12.4. The molecule has 1 heterocycles. The number of thioether (sulfide) groups is 1. The fourth-order valence-corrected chi connectivity index (χ4v) is 4.37. The fraction of sp³-hybridized carbons (Fsp3) is 0.0833. The van der Waals surface area contributed by atoms with Crippen LogP contribution in [-0.2, 0) is 11.4 Å². The van der Waals surface area contributed by atoms with Crippen LogP contribution in [0.25, 0.3) is 6.08 Å². The van der Waals surface area contributed by atoms with Crippen molar-refractivity contribution in [1.29, 1.82) is 0 Å². The van der Waals surface area contributed by atoms with E-state index < -0.39 is 4.92 Å². The number of nitro groups is 1. The lowest BCUT2D eigenvalue weighted by Gasteiger charge is -2.09. The van der Waals surface area contributed by atoms with Crippen molar-refractivity contribution in [3.05, 3.63) is 103 Å². The zero-order valence-electron chi connectivity index (χ0n) is 17.4. The van der Waals surface area contributed by atoms with E-state index in [0.717, 1.165) is 16.8 Å². The third-order valence-electron chi connectivity index (χ3n) is 4.68. The quantitative estimate of drug-likeness (QED) is 0.238. The minimum absolute atomic E-state index is 0.0229. The Morgan fingerprint density at radius 2 is 1.94 bits per heavy atom. The van der Waals surface area contributed by atoms with E-state index in [2.05, 4.69) is 26.2 Å². The molecular weight excluding hydrogens is 506 g/mol. The Hall–Kier alpha value is -3.43. The van der Waals surface area contributed by atoms with E-state index in [0.29, 0.717) is 25.9 Å². The second kappa shape index (κ2) is 10.0. The van der Waals surface area contributed by atoms with Gasteiger partial charge in [-0.1, -0.05) is 35.9 Å². The highest BCUT2D eigenvalue weighted by molar-refractivity contribution is 9.10. The number of carbonyl (C=O) groups excluding carboxylic acids is 1. The lowest BCUT2D eigenvalue weighted by atomic mass is 10.2. The zero-order valence-corrected chi connectivity index (χ0v) is 19.9. The summed E-state index contributed by atoms with van der Waals surface area (Å²) in [7, 11) is 0. The number of non-ortho nitro benzene ring substituents is 1. The van der Waals surface area contributed by atoms with Crippen LogP contribution in [0.3, 0.4) is 0 Å². The summed E-state index contributed by atoms with van der Waals surface area (Å²) in [5.74, 6) is 0.391. The van der Waals surface area contributed by atoms with E-state index in [1.165, 1.54) is 23.9 Å². The van der Waals surface area contributed by atoms with E-state index in [1.807, 2.05) is 43.3 Å². The standard InChI is InChI=1S/C24H18BrN3O4S/c1-15-5-8-18(9-6-15)26-24-27-23(29)22(33-24)13-16-7-10-21(20(25)12-16)32-14-17-3-2-4-19(11-17)28(30)31/h2-13H,14H2,1H3,(H,26,27,29)/b22-13+. The summed E-state index contributed by atoms with van der Waals surface area (Å²) in [6.45, 7) is 2.20. The van der Waals surface area contributed by atoms with E-state index in [9.17, 15) is 14.9 Å². The summed E-state index contributed by atoms with van der Waals surface area (Å²) in [5, 5.41) is 14.2. The van der Waals surface area contributed by atoms with Gasteiger partial charge in [-0.25, -0.2) is 4.99 Å². The van der Waals surface area contributed by atoms with Crippen LogP contribution < -0.4 is 10.1 Å². The van der Waals surface area contributed by atoms with Crippen LogP contribution in [0, 0.1) is 17.0 Å². The van der Waals surface area contributed by atoms with Crippen LogP contribution in [-0.4, -0.2) is 16.0 Å². The monoisotopic (exact) mass is 523 g/mol. The Kier molecular flexibility index (Phi) is 6.90. The smallest absolute Gasteiger partial charge is 0.269 e. The molecule has 0 spiro atoms. The van der Waals surface area contributed by atoms with Gasteiger partial charge in [0.2, 0.25) is 0 Å². The molecule has 166 valence electrons. The van der Waals surface area contributed by atoms with Crippen molar-refractivity contribution in [2.75, 3.05) is 0 Å². The number of halogens is 1. The number of aryl methyl sites for hydroxylation is 1. The molecule has 3 aromatic carbocycles. The SMILES string of the molecule is Cc1ccc(N=C2NC(=O)/C(=C\c3ccc(OCc4cccc([N+](=O)[O-])c4)c(Br)c3)S2)cc1. The van der Waals surface area contributed by atoms with Gasteiger partial charge in [0, 0.05) is 12.1 Å². The zero-order chi connectivity index (χ0) is 23.4. The third kappa shape index (κ3) is 5.88. The van der Waals surface area contributed by atoms with Crippen molar-refractivity contribution in [1.82, 2.24) is 5.32 Å². The summed E-state index contributed by atoms with van der Waals surface area (Å²) in [5.41, 5.74) is 3.46. The molecule has 0 unspecified atom stereocenters. The summed E-state index contributed by atoms with van der Waals surface area (Å²) >= 11 is 4.77. The number of hydrogen-bond acceptors (Lipinski definition) is 6. The Balaban J connectivity index is 1.44. The highest BCUT2D eigenvalue weighted by atomic mass is 79.9. The molecule has 0 atom stereocenters. The van der Waals surface area contributed by atoms with Crippen molar-refractivity contribution in [2.24, 2.45) is 4.99 Å². The lowest BCUT2D eigenvalue weighted by Crippen LogP contribution is -2.19. The van der Waals surface area contributed by atoms with Gasteiger partial charge >= 0.3 is 0 Å². The summed E-state index contributed by atoms with van der Waals surface area (Å²) in [6.07, 6.45) is 1.78. The van der Waals surface area contributed by atoms with Gasteiger partial charge in [0.1, 0.15) is 12.4 Å². The van der Waals surface area contributed by atoms with Gasteiger partial charge in [0.05, 0.1) is 20.0 Å². The summed E-state index contributed by atoms with van der Waals surface area (Å²) < 4.78 is 6.51. The minimum Gasteiger partial charge on any atom is -0.488 e. The molecule has 1 N–H and O–H groups in total. The number of hydrogen-bond donors (Lipinski definition) is 1. The van der Waals surface area contributed by atoms with Gasteiger partial charge in [-0.05, 0) is 76.1 Å². The molecule has 0 bridgehead atoms. The highest BCUT2D eigenvalue weighted by Gasteiger charge is 2.23. The largest absolute Gasteiger partial charge is 0.488 e. The Labute approximate surface area is 202 Å². The lowest BCUT2D eigenvalue weighted by molar-refractivity contribution is -0.384. The average Bonchev–Trinajstić information content (AvgIpc) is 3.13. The second-order valence-corrected chi connectivity index (χ2v) is 9.11. The molecule has 33 heavy (non-hydrogen) atoms. The Bertz CT molecular complexity index is 1290. The van der Waals surface area contributed by atoms with Crippen molar-refractivity contribution in [3.63, 3.8) is 0 Å². The number of nitrogens with zero attached hydrogens (tertiary/aromatic N) is 2. The van der Waals surface area contributed by atoms with E-state index in [4.69, 9.17) is 4.74 Å². The number of nitrogens with one attached hydrogen (secondary N) is 1. The van der Waals surface area contributed by atoms with Gasteiger partial charge in [0.15, 0.2) is 5.17 Å². The van der Waals surface area contributed by atoms with Gasteiger partial charge in [-0.3, -0.25) is 14.9 Å². The first kappa shape index (κ1) is 22.8.